The molecule has 0 bridgehead atoms. The van der Waals surface area contributed by atoms with E-state index in [0.29, 0.717) is 17.3 Å². The van der Waals surface area contributed by atoms with E-state index >= 15 is 0 Å². The third-order valence-electron chi connectivity index (χ3n) is 2.93. The van der Waals surface area contributed by atoms with E-state index < -0.39 is 0 Å². The van der Waals surface area contributed by atoms with Gasteiger partial charge in [-0.05, 0) is 34.5 Å². The van der Waals surface area contributed by atoms with Crippen molar-refractivity contribution in [3.8, 4) is 0 Å². The average Bonchev–Trinajstić information content (AvgIpc) is 2.95. The van der Waals surface area contributed by atoms with Crippen LogP contribution in [0.25, 0.3) is 5.65 Å². The molecule has 0 aliphatic heterocycles. The zero-order valence-corrected chi connectivity index (χ0v) is 11.4. The Hall–Kier alpha value is -2.21. The maximum atomic E-state index is 6.03. The summed E-state index contributed by atoms with van der Waals surface area (Å²) in [5, 5.41) is 18.7. The number of halogens is 1. The van der Waals surface area contributed by atoms with Crippen molar-refractivity contribution in [2.24, 2.45) is 0 Å². The molecule has 1 N–H and O–H groups in total. The second-order valence-electron chi connectivity index (χ2n) is 4.43. The summed E-state index contributed by atoms with van der Waals surface area (Å²) >= 11 is 6.03. The molecule has 0 radical (unpaired) electrons. The Morgan fingerprint density at radius 2 is 2.00 bits per heavy atom. The molecule has 1 atom stereocenters. The lowest BCUT2D eigenvalue weighted by atomic mass is 10.1. The zero-order chi connectivity index (χ0) is 13.8. The smallest absolute Gasteiger partial charge is 0.200 e. The summed E-state index contributed by atoms with van der Waals surface area (Å²) < 4.78 is 1.39. The van der Waals surface area contributed by atoms with Gasteiger partial charge in [-0.2, -0.15) is 0 Å². The van der Waals surface area contributed by atoms with E-state index in [1.54, 1.807) is 0 Å². The van der Waals surface area contributed by atoms with Gasteiger partial charge in [0.2, 0.25) is 0 Å². The molecule has 0 saturated carbocycles. The van der Waals surface area contributed by atoms with Crippen molar-refractivity contribution in [2.75, 3.05) is 11.2 Å². The van der Waals surface area contributed by atoms with Gasteiger partial charge in [-0.1, -0.05) is 30.3 Å². The lowest BCUT2D eigenvalue weighted by Crippen LogP contribution is -2.25. The van der Waals surface area contributed by atoms with Crippen molar-refractivity contribution in [1.82, 2.24) is 25.3 Å². The minimum atomic E-state index is 0.0977. The van der Waals surface area contributed by atoms with E-state index in [-0.39, 0.29) is 6.04 Å². The van der Waals surface area contributed by atoms with Crippen LogP contribution < -0.4 is 5.32 Å². The van der Waals surface area contributed by atoms with Crippen molar-refractivity contribution in [3.05, 3.63) is 48.0 Å². The Kier molecular flexibility index (Phi) is 3.73. The molecule has 20 heavy (non-hydrogen) atoms. The third kappa shape index (κ3) is 2.85. The number of aromatic nitrogens is 5. The van der Waals surface area contributed by atoms with E-state index in [9.17, 15) is 0 Å². The van der Waals surface area contributed by atoms with Gasteiger partial charge in [0.15, 0.2) is 5.65 Å². The summed E-state index contributed by atoms with van der Waals surface area (Å²) in [5.41, 5.74) is 1.84. The molecule has 0 aliphatic carbocycles. The van der Waals surface area contributed by atoms with Gasteiger partial charge in [0.25, 0.3) is 0 Å². The predicted molar refractivity (Wildman–Crippen MR) is 76.9 cm³/mol. The molecular weight excluding hydrogens is 276 g/mol. The van der Waals surface area contributed by atoms with E-state index in [1.165, 1.54) is 10.2 Å². The first kappa shape index (κ1) is 12.8. The molecular formula is C13H13ClN6. The maximum Gasteiger partial charge on any atom is 0.200 e. The monoisotopic (exact) mass is 288 g/mol. The molecule has 0 amide bonds. The van der Waals surface area contributed by atoms with Gasteiger partial charge >= 0.3 is 0 Å². The fraction of sp³-hybridized carbons (Fsp3) is 0.231. The normalized spacial score (nSPS) is 12.4. The van der Waals surface area contributed by atoms with Crippen molar-refractivity contribution in [3.63, 3.8) is 0 Å². The van der Waals surface area contributed by atoms with Crippen molar-refractivity contribution >= 4 is 23.1 Å². The number of fused-ring (bicyclic) bond motifs is 1. The minimum absolute atomic E-state index is 0.0977. The highest BCUT2D eigenvalue weighted by molar-refractivity contribution is 6.18. The quantitative estimate of drug-likeness (QED) is 0.725. The Morgan fingerprint density at radius 3 is 2.80 bits per heavy atom. The Labute approximate surface area is 120 Å². The number of rotatable bonds is 5. The van der Waals surface area contributed by atoms with E-state index in [4.69, 9.17) is 11.6 Å². The zero-order valence-electron chi connectivity index (χ0n) is 10.6. The van der Waals surface area contributed by atoms with E-state index in [0.717, 1.165) is 6.42 Å². The predicted octanol–water partition coefficient (Wildman–Crippen LogP) is 1.78. The lowest BCUT2D eigenvalue weighted by Gasteiger charge is -2.16. The minimum Gasteiger partial charge on any atom is -0.364 e. The molecule has 1 unspecified atom stereocenters. The van der Waals surface area contributed by atoms with Crippen molar-refractivity contribution < 1.29 is 0 Å². The van der Waals surface area contributed by atoms with Crippen molar-refractivity contribution in [2.45, 2.75) is 12.5 Å². The number of hydrogen-bond acceptors (Lipinski definition) is 5. The molecule has 0 spiro atoms. The van der Waals surface area contributed by atoms with Gasteiger partial charge in [-0.15, -0.1) is 26.4 Å². The molecule has 7 heteroatoms. The second-order valence-corrected chi connectivity index (χ2v) is 4.74. The molecule has 2 aromatic heterocycles. The van der Waals surface area contributed by atoms with Gasteiger partial charge in [-0.25, -0.2) is 0 Å². The first-order valence-corrected chi connectivity index (χ1v) is 6.80. The largest absolute Gasteiger partial charge is 0.364 e. The summed E-state index contributed by atoms with van der Waals surface area (Å²) in [6, 6.07) is 14.0. The number of nitrogens with one attached hydrogen (secondary N) is 1. The van der Waals surface area contributed by atoms with Gasteiger partial charge in [0, 0.05) is 11.9 Å². The van der Waals surface area contributed by atoms with Gasteiger partial charge in [0.1, 0.15) is 5.82 Å². The standard InChI is InChI=1S/C13H13ClN6/c14-9-11(8-10-4-2-1-3-5-10)15-12-6-7-13-16-18-19-20(13)17-12/h1-7,11H,8-9H2,(H,15,17). The molecule has 0 fully saturated rings. The van der Waals surface area contributed by atoms with Crippen LogP contribution in [-0.4, -0.2) is 37.2 Å². The fourth-order valence-electron chi connectivity index (χ4n) is 1.98. The first-order chi connectivity index (χ1) is 9.85. The van der Waals surface area contributed by atoms with E-state index in [2.05, 4.69) is 38.1 Å². The number of benzene rings is 1. The first-order valence-electron chi connectivity index (χ1n) is 6.27. The molecule has 6 nitrogen and oxygen atoms in total. The number of anilines is 1. The Bertz CT molecular complexity index is 683. The van der Waals surface area contributed by atoms with Gasteiger partial charge < -0.3 is 5.32 Å². The summed E-state index contributed by atoms with van der Waals surface area (Å²) in [5.74, 6) is 1.19. The summed E-state index contributed by atoms with van der Waals surface area (Å²) in [4.78, 5) is 0. The molecule has 102 valence electrons. The molecule has 2 heterocycles. The topological polar surface area (TPSA) is 68.0 Å². The molecule has 0 aliphatic rings. The Balaban J connectivity index is 1.73. The SMILES string of the molecule is ClCC(Cc1ccccc1)Nc1ccc2nnnn2n1. The van der Waals surface area contributed by atoms with E-state index in [1.807, 2.05) is 30.3 Å². The molecule has 3 rings (SSSR count). The maximum absolute atomic E-state index is 6.03. The van der Waals surface area contributed by atoms with Gasteiger partial charge in [0.05, 0.1) is 0 Å². The van der Waals surface area contributed by atoms with Crippen LogP contribution in [0.1, 0.15) is 5.56 Å². The molecule has 1 aromatic carbocycles. The van der Waals surface area contributed by atoms with Crippen LogP contribution in [-0.2, 0) is 6.42 Å². The summed E-state index contributed by atoms with van der Waals surface area (Å²) in [6.07, 6.45) is 0.833. The van der Waals surface area contributed by atoms with Crippen LogP contribution in [0.3, 0.4) is 0 Å². The molecule has 0 saturated heterocycles. The van der Waals surface area contributed by atoms with Gasteiger partial charge in [-0.3, -0.25) is 0 Å². The van der Waals surface area contributed by atoms with Crippen molar-refractivity contribution in [1.29, 1.82) is 0 Å². The highest BCUT2D eigenvalue weighted by Gasteiger charge is 2.10. The summed E-state index contributed by atoms with van der Waals surface area (Å²) in [7, 11) is 0. The number of hydrogen-bond donors (Lipinski definition) is 1. The van der Waals surface area contributed by atoms with Crippen LogP contribution in [0.4, 0.5) is 5.82 Å². The fourth-order valence-corrected chi connectivity index (χ4v) is 2.16. The Morgan fingerprint density at radius 1 is 1.15 bits per heavy atom. The van der Waals surface area contributed by atoms with Crippen LogP contribution in [0.15, 0.2) is 42.5 Å². The summed E-state index contributed by atoms with van der Waals surface area (Å²) in [6.45, 7) is 0. The van der Waals surface area contributed by atoms with Crippen LogP contribution in [0.2, 0.25) is 0 Å². The molecule has 3 aromatic rings. The number of nitrogens with zero attached hydrogens (tertiary/aromatic N) is 5. The second kappa shape index (κ2) is 5.83. The third-order valence-corrected chi connectivity index (χ3v) is 3.31. The number of alkyl halides is 1. The highest BCUT2D eigenvalue weighted by atomic mass is 35.5. The average molecular weight is 289 g/mol. The lowest BCUT2D eigenvalue weighted by molar-refractivity contribution is 0.721. The van der Waals surface area contributed by atoms with Crippen LogP contribution in [0.5, 0.6) is 0 Å². The number of tetrazole rings is 1. The highest BCUT2D eigenvalue weighted by Crippen LogP contribution is 2.10. The van der Waals surface area contributed by atoms with Crippen LogP contribution >= 0.6 is 11.6 Å². The van der Waals surface area contributed by atoms with Crippen LogP contribution in [0, 0.1) is 0 Å².